The Balaban J connectivity index is 2.21. The maximum Gasteiger partial charge on any atom is 0.240 e. The second-order valence-electron chi connectivity index (χ2n) is 3.16. The molecule has 0 spiro atoms. The van der Waals surface area contributed by atoms with Crippen molar-refractivity contribution in [2.75, 3.05) is 13.1 Å². The predicted molar refractivity (Wildman–Crippen MR) is 58.9 cm³/mol. The maximum absolute atomic E-state index is 11.4. The first-order chi connectivity index (χ1) is 7.59. The summed E-state index contributed by atoms with van der Waals surface area (Å²) in [5, 5.41) is 5.49. The summed E-state index contributed by atoms with van der Waals surface area (Å²) in [7, 11) is 0. The van der Waals surface area contributed by atoms with Crippen molar-refractivity contribution in [3.05, 3.63) is 17.7 Å². The van der Waals surface area contributed by atoms with Crippen molar-refractivity contribution >= 4 is 23.4 Å². The van der Waals surface area contributed by atoms with E-state index in [0.29, 0.717) is 13.1 Å². The van der Waals surface area contributed by atoms with E-state index < -0.39 is 0 Å². The number of nitrogens with one attached hydrogen (secondary N) is 2. The van der Waals surface area contributed by atoms with E-state index >= 15 is 0 Å². The highest BCUT2D eigenvalue weighted by molar-refractivity contribution is 6.28. The third kappa shape index (κ3) is 4.31. The number of carbonyl (C=O) groups excluding carboxylic acids is 2. The van der Waals surface area contributed by atoms with Gasteiger partial charge >= 0.3 is 0 Å². The van der Waals surface area contributed by atoms with Crippen LogP contribution in [0.3, 0.4) is 0 Å². The van der Waals surface area contributed by atoms with Gasteiger partial charge in [0.05, 0.1) is 0 Å². The first-order valence-electron chi connectivity index (χ1n) is 4.77. The lowest BCUT2D eigenvalue weighted by molar-refractivity contribution is -0.122. The van der Waals surface area contributed by atoms with E-state index in [1.165, 1.54) is 17.7 Å². The number of halogens is 1. The summed E-state index contributed by atoms with van der Waals surface area (Å²) < 4.78 is 1.52. The van der Waals surface area contributed by atoms with Gasteiger partial charge in [-0.15, -0.1) is 0 Å². The van der Waals surface area contributed by atoms with Gasteiger partial charge in [-0.05, 0) is 11.6 Å². The van der Waals surface area contributed by atoms with Gasteiger partial charge in [-0.1, -0.05) is 0 Å². The molecule has 16 heavy (non-hydrogen) atoms. The number of carbonyl (C=O) groups is 2. The van der Waals surface area contributed by atoms with Crippen molar-refractivity contribution in [1.82, 2.24) is 20.2 Å². The zero-order chi connectivity index (χ0) is 12.0. The summed E-state index contributed by atoms with van der Waals surface area (Å²) in [6, 6.07) is 0. The van der Waals surface area contributed by atoms with Gasteiger partial charge in [0, 0.05) is 32.4 Å². The fourth-order valence-electron chi connectivity index (χ4n) is 1.08. The lowest BCUT2D eigenvalue weighted by Crippen LogP contribution is -2.35. The Morgan fingerprint density at radius 1 is 1.44 bits per heavy atom. The molecular weight excluding hydrogens is 232 g/mol. The zero-order valence-corrected chi connectivity index (χ0v) is 9.62. The normalized spacial score (nSPS) is 9.88. The molecule has 1 rings (SSSR count). The minimum absolute atomic E-state index is 0.119. The van der Waals surface area contributed by atoms with Crippen LogP contribution in [0.15, 0.2) is 12.4 Å². The fraction of sp³-hybridized carbons (Fsp3) is 0.444. The van der Waals surface area contributed by atoms with E-state index in [2.05, 4.69) is 15.6 Å². The summed E-state index contributed by atoms with van der Waals surface area (Å²) in [6.07, 6.45) is 3.14. The molecule has 0 aromatic carbocycles. The predicted octanol–water partition coefficient (Wildman–Crippen LogP) is -0.211. The molecule has 1 heterocycles. The second kappa shape index (κ2) is 6.12. The molecule has 0 aliphatic carbocycles. The molecule has 6 nitrogen and oxygen atoms in total. The molecule has 0 aliphatic heterocycles. The van der Waals surface area contributed by atoms with Gasteiger partial charge in [-0.2, -0.15) is 0 Å². The van der Waals surface area contributed by atoms with Crippen LogP contribution in [0.2, 0.25) is 5.28 Å². The molecule has 0 atom stereocenters. The summed E-state index contributed by atoms with van der Waals surface area (Å²) in [4.78, 5) is 25.7. The SMILES string of the molecule is CC(=O)NCCNC(=O)Cn1ccnc1Cl. The molecule has 0 radical (unpaired) electrons. The van der Waals surface area contributed by atoms with Crippen LogP contribution in [-0.4, -0.2) is 34.5 Å². The molecule has 0 unspecified atom stereocenters. The number of aromatic nitrogens is 2. The van der Waals surface area contributed by atoms with Gasteiger partial charge in [-0.3, -0.25) is 9.59 Å². The molecular formula is C9H13ClN4O2. The smallest absolute Gasteiger partial charge is 0.240 e. The van der Waals surface area contributed by atoms with Crippen LogP contribution in [0.1, 0.15) is 6.92 Å². The number of imidazole rings is 1. The van der Waals surface area contributed by atoms with Crippen LogP contribution in [0, 0.1) is 0 Å². The first kappa shape index (κ1) is 12.5. The van der Waals surface area contributed by atoms with E-state index in [1.54, 1.807) is 6.20 Å². The minimum Gasteiger partial charge on any atom is -0.355 e. The van der Waals surface area contributed by atoms with Crippen molar-refractivity contribution in [3.63, 3.8) is 0 Å². The molecule has 1 aromatic rings. The van der Waals surface area contributed by atoms with Crippen molar-refractivity contribution in [1.29, 1.82) is 0 Å². The molecule has 0 fully saturated rings. The van der Waals surface area contributed by atoms with Gasteiger partial charge < -0.3 is 15.2 Å². The zero-order valence-electron chi connectivity index (χ0n) is 8.86. The molecule has 88 valence electrons. The van der Waals surface area contributed by atoms with Crippen LogP contribution >= 0.6 is 11.6 Å². The average Bonchev–Trinajstić information content (AvgIpc) is 2.59. The highest BCUT2D eigenvalue weighted by atomic mass is 35.5. The van der Waals surface area contributed by atoms with Gasteiger partial charge in [0.15, 0.2) is 0 Å². The van der Waals surface area contributed by atoms with Gasteiger partial charge in [0.1, 0.15) is 6.54 Å². The van der Waals surface area contributed by atoms with Crippen LogP contribution < -0.4 is 10.6 Å². The third-order valence-corrected chi connectivity index (χ3v) is 2.11. The molecule has 2 amide bonds. The molecule has 0 aliphatic rings. The highest BCUT2D eigenvalue weighted by Crippen LogP contribution is 2.03. The van der Waals surface area contributed by atoms with Crippen molar-refractivity contribution in [2.24, 2.45) is 0 Å². The highest BCUT2D eigenvalue weighted by Gasteiger charge is 2.04. The molecule has 2 N–H and O–H groups in total. The summed E-state index contributed by atoms with van der Waals surface area (Å²) in [5.74, 6) is -0.294. The van der Waals surface area contributed by atoms with Crippen molar-refractivity contribution in [3.8, 4) is 0 Å². The summed E-state index contributed by atoms with van der Waals surface area (Å²) in [6.45, 7) is 2.36. The lowest BCUT2D eigenvalue weighted by Gasteiger charge is -2.06. The van der Waals surface area contributed by atoms with Crippen LogP contribution in [0.5, 0.6) is 0 Å². The number of hydrogen-bond acceptors (Lipinski definition) is 3. The Kier molecular flexibility index (Phi) is 4.78. The molecule has 0 saturated heterocycles. The van der Waals surface area contributed by atoms with E-state index in [1.807, 2.05) is 0 Å². The van der Waals surface area contributed by atoms with E-state index in [0.717, 1.165) is 0 Å². The fourth-order valence-corrected chi connectivity index (χ4v) is 1.25. The van der Waals surface area contributed by atoms with Gasteiger partial charge in [-0.25, -0.2) is 4.98 Å². The largest absolute Gasteiger partial charge is 0.355 e. The number of rotatable bonds is 5. The Labute approximate surface area is 98.0 Å². The Hall–Kier alpha value is -1.56. The molecule has 0 bridgehead atoms. The monoisotopic (exact) mass is 244 g/mol. The summed E-state index contributed by atoms with van der Waals surface area (Å²) >= 11 is 5.70. The minimum atomic E-state index is -0.176. The Morgan fingerprint density at radius 2 is 2.12 bits per heavy atom. The van der Waals surface area contributed by atoms with E-state index in [4.69, 9.17) is 11.6 Å². The summed E-state index contributed by atoms with van der Waals surface area (Å²) in [5.41, 5.74) is 0. The molecule has 1 aromatic heterocycles. The third-order valence-electron chi connectivity index (χ3n) is 1.80. The van der Waals surface area contributed by atoms with Crippen LogP contribution in [0.25, 0.3) is 0 Å². The van der Waals surface area contributed by atoms with Crippen molar-refractivity contribution in [2.45, 2.75) is 13.5 Å². The second-order valence-corrected chi connectivity index (χ2v) is 3.50. The number of hydrogen-bond donors (Lipinski definition) is 2. The maximum atomic E-state index is 11.4. The molecule has 0 saturated carbocycles. The topological polar surface area (TPSA) is 76.0 Å². The number of nitrogens with zero attached hydrogens (tertiary/aromatic N) is 2. The average molecular weight is 245 g/mol. The Morgan fingerprint density at radius 3 is 2.69 bits per heavy atom. The lowest BCUT2D eigenvalue weighted by atomic mass is 10.5. The van der Waals surface area contributed by atoms with Crippen LogP contribution in [-0.2, 0) is 16.1 Å². The van der Waals surface area contributed by atoms with Crippen LogP contribution in [0.4, 0.5) is 0 Å². The van der Waals surface area contributed by atoms with E-state index in [9.17, 15) is 9.59 Å². The number of amides is 2. The van der Waals surface area contributed by atoms with E-state index in [-0.39, 0.29) is 23.6 Å². The van der Waals surface area contributed by atoms with Gasteiger partial charge in [0.2, 0.25) is 17.1 Å². The standard InChI is InChI=1S/C9H13ClN4O2/c1-7(15)11-2-3-12-8(16)6-14-5-4-13-9(14)10/h4-5H,2-3,6H2,1H3,(H,11,15)(H,12,16). The molecule has 7 heteroatoms. The first-order valence-corrected chi connectivity index (χ1v) is 5.15. The quantitative estimate of drug-likeness (QED) is 0.704. The van der Waals surface area contributed by atoms with Gasteiger partial charge in [0.25, 0.3) is 0 Å². The Bertz CT molecular complexity index is 377. The van der Waals surface area contributed by atoms with Crippen molar-refractivity contribution < 1.29 is 9.59 Å².